The van der Waals surface area contributed by atoms with Gasteiger partial charge in [0.15, 0.2) is 6.29 Å². The predicted molar refractivity (Wildman–Crippen MR) is 56.6 cm³/mol. The summed E-state index contributed by atoms with van der Waals surface area (Å²) in [6.45, 7) is 9.24. The molecule has 0 aromatic heterocycles. The Morgan fingerprint density at radius 3 is 1.93 bits per heavy atom. The number of halogens is 1. The van der Waals surface area contributed by atoms with E-state index in [0.717, 1.165) is 38.9 Å². The minimum Gasteiger partial charge on any atom is -1.00 e. The van der Waals surface area contributed by atoms with Gasteiger partial charge in [-0.2, -0.15) is 6.42 Å². The topological polar surface area (TPSA) is 18.5 Å². The molecule has 14 heavy (non-hydrogen) atoms. The van der Waals surface area contributed by atoms with Crippen LogP contribution in [-0.2, 0) is 9.47 Å². The van der Waals surface area contributed by atoms with Gasteiger partial charge in [0.2, 0.25) is 0 Å². The SMILES string of the molecule is [CH2-]CCCCC(OCC)OCC.[Cl-].[Mg+2]. The van der Waals surface area contributed by atoms with Gasteiger partial charge in [-0.3, -0.25) is 0 Å². The smallest absolute Gasteiger partial charge is 1.00 e. The molecule has 0 rings (SSSR count). The molecule has 0 aliphatic rings. The van der Waals surface area contributed by atoms with Crippen molar-refractivity contribution in [2.24, 2.45) is 0 Å². The van der Waals surface area contributed by atoms with Crippen molar-refractivity contribution in [3.63, 3.8) is 0 Å². The van der Waals surface area contributed by atoms with Crippen LogP contribution in [0.1, 0.15) is 39.5 Å². The van der Waals surface area contributed by atoms with Crippen LogP contribution < -0.4 is 12.4 Å². The summed E-state index contributed by atoms with van der Waals surface area (Å²) >= 11 is 0. The number of unbranched alkanes of at least 4 members (excludes halogenated alkanes) is 2. The molecule has 82 valence electrons. The number of hydrogen-bond donors (Lipinski definition) is 0. The van der Waals surface area contributed by atoms with Gasteiger partial charge in [-0.15, -0.1) is 0 Å². The maximum Gasteiger partial charge on any atom is 2.00 e. The minimum atomic E-state index is 0. The van der Waals surface area contributed by atoms with Crippen molar-refractivity contribution in [3.8, 4) is 0 Å². The van der Waals surface area contributed by atoms with Crippen molar-refractivity contribution in [1.82, 2.24) is 0 Å². The summed E-state index contributed by atoms with van der Waals surface area (Å²) in [7, 11) is 0. The number of ether oxygens (including phenoxy) is 2. The average Bonchev–Trinajstić information content (AvgIpc) is 2.06. The van der Waals surface area contributed by atoms with Gasteiger partial charge in [-0.1, -0.05) is 12.8 Å². The van der Waals surface area contributed by atoms with E-state index in [1.165, 1.54) is 0 Å². The van der Waals surface area contributed by atoms with E-state index < -0.39 is 0 Å². The molecule has 0 aliphatic carbocycles. The molecule has 0 fully saturated rings. The molecule has 0 aromatic rings. The van der Waals surface area contributed by atoms with Crippen LogP contribution in [0.2, 0.25) is 0 Å². The average molecular weight is 233 g/mol. The van der Waals surface area contributed by atoms with E-state index in [1.54, 1.807) is 0 Å². The van der Waals surface area contributed by atoms with Gasteiger partial charge in [-0.25, -0.2) is 0 Å². The monoisotopic (exact) mass is 232 g/mol. The molecule has 0 atom stereocenters. The fourth-order valence-corrected chi connectivity index (χ4v) is 1.07. The van der Waals surface area contributed by atoms with Crippen molar-refractivity contribution in [2.45, 2.75) is 45.8 Å². The van der Waals surface area contributed by atoms with Gasteiger partial charge in [0.05, 0.1) is 0 Å². The van der Waals surface area contributed by atoms with E-state index in [1.807, 2.05) is 13.8 Å². The molecule has 0 heterocycles. The Balaban J connectivity index is -0.000000605. The molecule has 0 unspecified atom stereocenters. The van der Waals surface area contributed by atoms with Crippen LogP contribution in [0.25, 0.3) is 0 Å². The summed E-state index contributed by atoms with van der Waals surface area (Å²) in [5.41, 5.74) is 0. The van der Waals surface area contributed by atoms with Crippen molar-refractivity contribution < 1.29 is 21.9 Å². The van der Waals surface area contributed by atoms with E-state index >= 15 is 0 Å². The van der Waals surface area contributed by atoms with Crippen molar-refractivity contribution in [3.05, 3.63) is 6.92 Å². The van der Waals surface area contributed by atoms with Crippen LogP contribution in [0, 0.1) is 6.92 Å². The van der Waals surface area contributed by atoms with E-state index in [4.69, 9.17) is 9.47 Å². The predicted octanol–water partition coefficient (Wildman–Crippen LogP) is -0.597. The molecule has 0 aliphatic heterocycles. The van der Waals surface area contributed by atoms with E-state index in [-0.39, 0.29) is 41.7 Å². The molecule has 0 bridgehead atoms. The Bertz CT molecular complexity index is 88.2. The first kappa shape index (κ1) is 20.4. The summed E-state index contributed by atoms with van der Waals surface area (Å²) in [4.78, 5) is 0. The zero-order valence-corrected chi connectivity index (χ0v) is 11.6. The molecular weight excluding hydrogens is 212 g/mol. The van der Waals surface area contributed by atoms with Gasteiger partial charge in [-0.05, 0) is 20.3 Å². The van der Waals surface area contributed by atoms with E-state index in [0.29, 0.717) is 0 Å². The van der Waals surface area contributed by atoms with Crippen LogP contribution in [0.3, 0.4) is 0 Å². The Labute approximate surface area is 111 Å². The van der Waals surface area contributed by atoms with Gasteiger partial charge in [0.25, 0.3) is 0 Å². The Kier molecular flexibility index (Phi) is 23.9. The zero-order valence-electron chi connectivity index (χ0n) is 9.43. The Hall–Kier alpha value is 0.976. The van der Waals surface area contributed by atoms with Crippen LogP contribution in [-0.4, -0.2) is 42.6 Å². The van der Waals surface area contributed by atoms with Gasteiger partial charge >= 0.3 is 23.1 Å². The molecular formula is C10H21ClMgO2. The molecule has 0 aromatic carbocycles. The molecule has 0 saturated heterocycles. The summed E-state index contributed by atoms with van der Waals surface area (Å²) in [5.74, 6) is 0. The van der Waals surface area contributed by atoms with Gasteiger partial charge in [0, 0.05) is 13.2 Å². The first-order valence-electron chi connectivity index (χ1n) is 4.87. The van der Waals surface area contributed by atoms with Crippen LogP contribution in [0.4, 0.5) is 0 Å². The van der Waals surface area contributed by atoms with Crippen molar-refractivity contribution in [2.75, 3.05) is 13.2 Å². The summed E-state index contributed by atoms with van der Waals surface area (Å²) < 4.78 is 10.8. The van der Waals surface area contributed by atoms with Crippen molar-refractivity contribution >= 4 is 23.1 Å². The summed E-state index contributed by atoms with van der Waals surface area (Å²) in [5, 5.41) is 0. The first-order chi connectivity index (χ1) is 5.85. The van der Waals surface area contributed by atoms with E-state index in [9.17, 15) is 0 Å². The quantitative estimate of drug-likeness (QED) is 0.241. The summed E-state index contributed by atoms with van der Waals surface area (Å²) in [6, 6.07) is 0. The Morgan fingerprint density at radius 1 is 1.07 bits per heavy atom. The molecule has 0 spiro atoms. The van der Waals surface area contributed by atoms with Crippen LogP contribution in [0.15, 0.2) is 0 Å². The number of rotatable bonds is 8. The maximum atomic E-state index is 5.39. The zero-order chi connectivity index (χ0) is 9.23. The molecule has 4 heteroatoms. The molecule has 2 nitrogen and oxygen atoms in total. The second-order valence-corrected chi connectivity index (χ2v) is 2.69. The molecule has 0 radical (unpaired) electrons. The first-order valence-corrected chi connectivity index (χ1v) is 4.87. The standard InChI is InChI=1S/C10H21O2.ClH.Mg/c1-4-7-8-9-10(11-5-2)12-6-3;;/h10H,1,4-9H2,2-3H3;1H;/q-1;;+2/p-1. The van der Waals surface area contributed by atoms with Crippen LogP contribution in [0.5, 0.6) is 0 Å². The van der Waals surface area contributed by atoms with Gasteiger partial charge in [0.1, 0.15) is 0 Å². The number of hydrogen-bond acceptors (Lipinski definition) is 2. The third kappa shape index (κ3) is 13.0. The molecule has 0 saturated carbocycles. The fourth-order valence-electron chi connectivity index (χ4n) is 1.07. The largest absolute Gasteiger partial charge is 2.00 e. The molecule has 0 amide bonds. The van der Waals surface area contributed by atoms with Gasteiger partial charge < -0.3 is 28.8 Å². The van der Waals surface area contributed by atoms with Crippen LogP contribution >= 0.6 is 0 Å². The third-order valence-electron chi connectivity index (χ3n) is 1.64. The van der Waals surface area contributed by atoms with Crippen molar-refractivity contribution in [1.29, 1.82) is 0 Å². The Morgan fingerprint density at radius 2 is 1.57 bits per heavy atom. The normalized spacial score (nSPS) is 9.43. The van der Waals surface area contributed by atoms with E-state index in [2.05, 4.69) is 6.92 Å². The third-order valence-corrected chi connectivity index (χ3v) is 1.64. The summed E-state index contributed by atoms with van der Waals surface area (Å²) in [6.07, 6.45) is 4.32. The second kappa shape index (κ2) is 16.4. The second-order valence-electron chi connectivity index (χ2n) is 2.69. The maximum absolute atomic E-state index is 5.39. The fraction of sp³-hybridized carbons (Fsp3) is 0.900. The minimum absolute atomic E-state index is 0. The molecule has 0 N–H and O–H groups in total.